The Kier molecular flexibility index (Phi) is 3.73. The van der Waals surface area contributed by atoms with Crippen LogP contribution in [0.15, 0.2) is 0 Å². The van der Waals surface area contributed by atoms with Crippen molar-refractivity contribution in [2.24, 2.45) is 17.8 Å². The van der Waals surface area contributed by atoms with Crippen LogP contribution in [0.1, 0.15) is 25.7 Å². The Morgan fingerprint density at radius 3 is 2.11 bits per heavy atom. The van der Waals surface area contributed by atoms with E-state index in [2.05, 4.69) is 0 Å². The fourth-order valence-electron chi connectivity index (χ4n) is 3.43. The van der Waals surface area contributed by atoms with Gasteiger partial charge in [0.05, 0.1) is 0 Å². The molecule has 0 spiro atoms. The molecule has 2 aliphatic rings. The van der Waals surface area contributed by atoms with E-state index < -0.39 is 18.1 Å². The van der Waals surface area contributed by atoms with Gasteiger partial charge in [-0.05, 0) is 30.6 Å². The van der Waals surface area contributed by atoms with E-state index in [9.17, 15) is 22.8 Å². The molecule has 2 unspecified atom stereocenters. The molecule has 0 aromatic heterocycles. The number of likely N-dealkylation sites (tertiary alicyclic amines) is 1. The molecule has 1 aliphatic heterocycles. The van der Waals surface area contributed by atoms with E-state index in [1.807, 2.05) is 0 Å². The lowest BCUT2D eigenvalue weighted by Crippen LogP contribution is -2.54. The second-order valence-electron chi connectivity index (χ2n) is 5.42. The lowest BCUT2D eigenvalue weighted by Gasteiger charge is -2.47. The highest BCUT2D eigenvalue weighted by atomic mass is 19.4. The van der Waals surface area contributed by atoms with Gasteiger partial charge in [-0.25, -0.2) is 0 Å². The molecule has 1 amide bonds. The molecule has 0 aromatic carbocycles. The van der Waals surface area contributed by atoms with Crippen molar-refractivity contribution in [1.82, 2.24) is 4.90 Å². The molecule has 7 heteroatoms. The van der Waals surface area contributed by atoms with E-state index in [4.69, 9.17) is 5.11 Å². The molecule has 1 N–H and O–H groups in total. The largest absolute Gasteiger partial charge is 0.481 e. The number of alkyl halides is 3. The molecular weight excluding hydrogens is 263 g/mol. The van der Waals surface area contributed by atoms with E-state index in [1.165, 1.54) is 0 Å². The smallest absolute Gasteiger partial charge is 0.471 e. The third-order valence-corrected chi connectivity index (χ3v) is 4.21. The minimum Gasteiger partial charge on any atom is -0.481 e. The molecule has 19 heavy (non-hydrogen) atoms. The van der Waals surface area contributed by atoms with Crippen LogP contribution in [0.4, 0.5) is 13.2 Å². The monoisotopic (exact) mass is 279 g/mol. The molecule has 2 atom stereocenters. The number of hydrogen-bond donors (Lipinski definition) is 1. The fraction of sp³-hybridized carbons (Fsp3) is 0.833. The summed E-state index contributed by atoms with van der Waals surface area (Å²) in [7, 11) is 0. The Bertz CT molecular complexity index is 369. The Balaban J connectivity index is 2.09. The van der Waals surface area contributed by atoms with Crippen LogP contribution in [-0.4, -0.2) is 41.1 Å². The fourth-order valence-corrected chi connectivity index (χ4v) is 3.43. The zero-order valence-corrected chi connectivity index (χ0v) is 10.3. The number of amides is 1. The molecule has 2 rings (SSSR count). The third kappa shape index (κ3) is 3.01. The first-order valence-corrected chi connectivity index (χ1v) is 6.37. The van der Waals surface area contributed by atoms with Gasteiger partial charge in [-0.1, -0.05) is 6.42 Å². The van der Waals surface area contributed by atoms with Crippen LogP contribution in [0.5, 0.6) is 0 Å². The van der Waals surface area contributed by atoms with Crippen molar-refractivity contribution < 1.29 is 27.9 Å². The number of rotatable bonds is 2. The maximum atomic E-state index is 12.4. The highest BCUT2D eigenvalue weighted by Crippen LogP contribution is 2.42. The van der Waals surface area contributed by atoms with Gasteiger partial charge in [0.15, 0.2) is 0 Å². The van der Waals surface area contributed by atoms with Gasteiger partial charge >= 0.3 is 18.1 Å². The lowest BCUT2D eigenvalue weighted by atomic mass is 9.67. The number of aliphatic carboxylic acids is 1. The van der Waals surface area contributed by atoms with Crippen molar-refractivity contribution in [2.75, 3.05) is 13.1 Å². The van der Waals surface area contributed by atoms with Crippen LogP contribution < -0.4 is 0 Å². The van der Waals surface area contributed by atoms with Gasteiger partial charge in [0.2, 0.25) is 0 Å². The highest BCUT2D eigenvalue weighted by molar-refractivity contribution is 5.82. The molecule has 0 aromatic rings. The van der Waals surface area contributed by atoms with Crippen LogP contribution >= 0.6 is 0 Å². The van der Waals surface area contributed by atoms with Crippen molar-refractivity contribution in [1.29, 1.82) is 0 Å². The van der Waals surface area contributed by atoms with E-state index in [0.29, 0.717) is 12.8 Å². The van der Waals surface area contributed by atoms with Crippen molar-refractivity contribution in [3.8, 4) is 0 Å². The van der Waals surface area contributed by atoms with E-state index in [-0.39, 0.29) is 37.3 Å². The second kappa shape index (κ2) is 5.02. The zero-order chi connectivity index (χ0) is 14.2. The van der Waals surface area contributed by atoms with Crippen molar-refractivity contribution >= 4 is 11.9 Å². The summed E-state index contributed by atoms with van der Waals surface area (Å²) in [5.41, 5.74) is 0. The Morgan fingerprint density at radius 1 is 1.16 bits per heavy atom. The van der Waals surface area contributed by atoms with Crippen molar-refractivity contribution in [2.45, 2.75) is 31.9 Å². The molecule has 1 saturated heterocycles. The molecule has 2 fully saturated rings. The summed E-state index contributed by atoms with van der Waals surface area (Å²) in [4.78, 5) is 22.9. The molecule has 2 bridgehead atoms. The quantitative estimate of drug-likeness (QED) is 0.840. The number of nitrogens with zero attached hydrogens (tertiary/aromatic N) is 1. The number of carbonyl (C=O) groups excluding carboxylic acids is 1. The third-order valence-electron chi connectivity index (χ3n) is 4.21. The number of carbonyl (C=O) groups is 2. The normalized spacial score (nSPS) is 31.1. The van der Waals surface area contributed by atoms with Gasteiger partial charge in [-0.15, -0.1) is 0 Å². The Morgan fingerprint density at radius 2 is 1.68 bits per heavy atom. The molecule has 108 valence electrons. The minimum atomic E-state index is -4.84. The van der Waals surface area contributed by atoms with Crippen LogP contribution in [0.25, 0.3) is 0 Å². The summed E-state index contributed by atoms with van der Waals surface area (Å²) in [6, 6.07) is 0. The molecule has 4 nitrogen and oxygen atoms in total. The van der Waals surface area contributed by atoms with E-state index in [0.717, 1.165) is 11.3 Å². The summed E-state index contributed by atoms with van der Waals surface area (Å²) in [5.74, 6) is -3.04. The maximum absolute atomic E-state index is 12.4. The second-order valence-corrected chi connectivity index (χ2v) is 5.42. The Labute approximate surface area is 108 Å². The van der Waals surface area contributed by atoms with Gasteiger partial charge in [0, 0.05) is 19.5 Å². The predicted molar refractivity (Wildman–Crippen MR) is 59.2 cm³/mol. The SMILES string of the molecule is O=C(O)CC1C2CCCC1CN(C(=O)C(F)(F)F)C2. The molecule has 1 heterocycles. The summed E-state index contributed by atoms with van der Waals surface area (Å²) in [6.07, 6.45) is -2.54. The maximum Gasteiger partial charge on any atom is 0.471 e. The lowest BCUT2D eigenvalue weighted by molar-refractivity contribution is -0.190. The standard InChI is InChI=1S/C12H16F3NO3/c13-12(14,15)11(19)16-5-7-2-1-3-8(6-16)9(7)4-10(17)18/h7-9H,1-6H2,(H,17,18). The number of fused-ring (bicyclic) bond motifs is 2. The number of piperidine rings is 1. The van der Waals surface area contributed by atoms with Gasteiger partial charge in [0.1, 0.15) is 0 Å². The number of hydrogen-bond acceptors (Lipinski definition) is 2. The average Bonchev–Trinajstić information content (AvgIpc) is 2.25. The van der Waals surface area contributed by atoms with Crippen LogP contribution in [-0.2, 0) is 9.59 Å². The number of halogens is 3. The van der Waals surface area contributed by atoms with Gasteiger partial charge in [-0.3, -0.25) is 9.59 Å². The first-order valence-electron chi connectivity index (χ1n) is 6.37. The average molecular weight is 279 g/mol. The molecule has 1 saturated carbocycles. The zero-order valence-electron chi connectivity index (χ0n) is 10.3. The van der Waals surface area contributed by atoms with Crippen LogP contribution in [0.2, 0.25) is 0 Å². The van der Waals surface area contributed by atoms with Gasteiger partial charge in [0.25, 0.3) is 0 Å². The highest BCUT2D eigenvalue weighted by Gasteiger charge is 2.48. The summed E-state index contributed by atoms with van der Waals surface area (Å²) in [6.45, 7) is 0.0690. The minimum absolute atomic E-state index is 0.0105. The van der Waals surface area contributed by atoms with Gasteiger partial charge in [-0.2, -0.15) is 13.2 Å². The number of carboxylic acids is 1. The summed E-state index contributed by atoms with van der Waals surface area (Å²) < 4.78 is 37.3. The van der Waals surface area contributed by atoms with Crippen LogP contribution in [0.3, 0.4) is 0 Å². The molecule has 0 radical (unpaired) electrons. The first-order chi connectivity index (χ1) is 8.79. The van der Waals surface area contributed by atoms with E-state index >= 15 is 0 Å². The van der Waals surface area contributed by atoms with E-state index in [1.54, 1.807) is 0 Å². The first kappa shape index (κ1) is 14.1. The predicted octanol–water partition coefficient (Wildman–Crippen LogP) is 1.90. The summed E-state index contributed by atoms with van der Waals surface area (Å²) >= 11 is 0. The Hall–Kier alpha value is -1.27. The van der Waals surface area contributed by atoms with Gasteiger partial charge < -0.3 is 10.0 Å². The molecular formula is C12H16F3NO3. The summed E-state index contributed by atoms with van der Waals surface area (Å²) in [5, 5.41) is 8.86. The van der Waals surface area contributed by atoms with Crippen molar-refractivity contribution in [3.63, 3.8) is 0 Å². The van der Waals surface area contributed by atoms with Crippen molar-refractivity contribution in [3.05, 3.63) is 0 Å². The molecule has 1 aliphatic carbocycles. The topological polar surface area (TPSA) is 57.6 Å². The van der Waals surface area contributed by atoms with Crippen LogP contribution in [0, 0.1) is 17.8 Å². The number of carboxylic acid groups (broad SMARTS) is 1.